The maximum absolute atomic E-state index is 9.31. The van der Waals surface area contributed by atoms with E-state index >= 15 is 0 Å². The predicted octanol–water partition coefficient (Wildman–Crippen LogP) is 4.79. The summed E-state index contributed by atoms with van der Waals surface area (Å²) in [4.78, 5) is 0. The third-order valence-electron chi connectivity index (χ3n) is 2.81. The summed E-state index contributed by atoms with van der Waals surface area (Å²) in [5.41, 5.74) is 1.70. The summed E-state index contributed by atoms with van der Waals surface area (Å²) in [5, 5.41) is 13.1. The van der Waals surface area contributed by atoms with Crippen LogP contribution in [0, 0.1) is 11.3 Å². The van der Waals surface area contributed by atoms with Crippen molar-refractivity contribution in [2.75, 3.05) is 12.4 Å². The van der Waals surface area contributed by atoms with Gasteiger partial charge in [-0.25, -0.2) is 0 Å². The number of hydrogen-bond acceptors (Lipinski definition) is 3. The van der Waals surface area contributed by atoms with Gasteiger partial charge in [0.05, 0.1) is 18.2 Å². The fourth-order valence-corrected chi connectivity index (χ4v) is 2.24. The molecular weight excluding hydrogens is 340 g/mol. The Labute approximate surface area is 131 Å². The molecule has 0 fully saturated rings. The van der Waals surface area contributed by atoms with Crippen molar-refractivity contribution in [2.45, 2.75) is 6.04 Å². The molecule has 0 aliphatic carbocycles. The third-order valence-corrected chi connectivity index (χ3v) is 4.02. The van der Waals surface area contributed by atoms with E-state index < -0.39 is 6.04 Å². The summed E-state index contributed by atoms with van der Waals surface area (Å²) in [6, 6.07) is 14.7. The molecule has 2 aromatic rings. The average Bonchev–Trinajstić information content (AvgIpc) is 2.48. The second-order valence-corrected chi connectivity index (χ2v) is 5.37. The summed E-state index contributed by atoms with van der Waals surface area (Å²) in [5.74, 6) is 0.764. The Morgan fingerprint density at radius 1 is 1.25 bits per heavy atom. The van der Waals surface area contributed by atoms with Gasteiger partial charge in [-0.05, 0) is 51.8 Å². The van der Waals surface area contributed by atoms with E-state index in [4.69, 9.17) is 16.3 Å². The molecule has 2 aromatic carbocycles. The van der Waals surface area contributed by atoms with Crippen LogP contribution < -0.4 is 10.1 Å². The first-order valence-corrected chi connectivity index (χ1v) is 7.06. The SMILES string of the molecule is COc1ccc(C(C#N)Nc2ccc(Cl)c(Br)c2)cc1. The maximum atomic E-state index is 9.31. The summed E-state index contributed by atoms with van der Waals surface area (Å²) < 4.78 is 5.89. The normalized spacial score (nSPS) is 11.5. The minimum absolute atomic E-state index is 0.436. The van der Waals surface area contributed by atoms with Gasteiger partial charge in [0.15, 0.2) is 0 Å². The zero-order valence-corrected chi connectivity index (χ0v) is 13.1. The lowest BCUT2D eigenvalue weighted by Gasteiger charge is -2.14. The highest BCUT2D eigenvalue weighted by Gasteiger charge is 2.11. The molecule has 0 aliphatic heterocycles. The fourth-order valence-electron chi connectivity index (χ4n) is 1.74. The summed E-state index contributed by atoms with van der Waals surface area (Å²) >= 11 is 9.31. The minimum Gasteiger partial charge on any atom is -0.497 e. The first-order valence-electron chi connectivity index (χ1n) is 5.89. The van der Waals surface area contributed by atoms with Gasteiger partial charge < -0.3 is 10.1 Å². The number of halogens is 2. The van der Waals surface area contributed by atoms with E-state index in [-0.39, 0.29) is 0 Å². The minimum atomic E-state index is -0.436. The second kappa shape index (κ2) is 6.65. The number of nitrogens with zero attached hydrogens (tertiary/aromatic N) is 1. The highest BCUT2D eigenvalue weighted by molar-refractivity contribution is 9.10. The zero-order chi connectivity index (χ0) is 14.5. The predicted molar refractivity (Wildman–Crippen MR) is 84.1 cm³/mol. The van der Waals surface area contributed by atoms with Gasteiger partial charge in [-0.2, -0.15) is 5.26 Å². The lowest BCUT2D eigenvalue weighted by Crippen LogP contribution is -2.08. The number of methoxy groups -OCH3 is 1. The number of rotatable bonds is 4. The van der Waals surface area contributed by atoms with Crippen LogP contribution in [-0.2, 0) is 0 Å². The van der Waals surface area contributed by atoms with Crippen LogP contribution in [0.1, 0.15) is 11.6 Å². The lowest BCUT2D eigenvalue weighted by atomic mass is 10.1. The van der Waals surface area contributed by atoms with Crippen LogP contribution in [0.2, 0.25) is 5.02 Å². The number of benzene rings is 2. The van der Waals surface area contributed by atoms with Crippen molar-refractivity contribution in [3.05, 3.63) is 57.5 Å². The van der Waals surface area contributed by atoms with E-state index in [0.717, 1.165) is 21.5 Å². The molecule has 0 heterocycles. The van der Waals surface area contributed by atoms with Crippen molar-refractivity contribution in [3.63, 3.8) is 0 Å². The van der Waals surface area contributed by atoms with Crippen molar-refractivity contribution in [1.29, 1.82) is 5.26 Å². The molecule has 0 amide bonds. The van der Waals surface area contributed by atoms with E-state index in [0.29, 0.717) is 5.02 Å². The molecule has 1 atom stereocenters. The zero-order valence-electron chi connectivity index (χ0n) is 10.7. The van der Waals surface area contributed by atoms with Gasteiger partial charge >= 0.3 is 0 Å². The molecular formula is C15H12BrClN2O. The van der Waals surface area contributed by atoms with E-state index in [9.17, 15) is 5.26 Å². The van der Waals surface area contributed by atoms with Crippen molar-refractivity contribution in [1.82, 2.24) is 0 Å². The van der Waals surface area contributed by atoms with Crippen molar-refractivity contribution < 1.29 is 4.74 Å². The Morgan fingerprint density at radius 3 is 2.50 bits per heavy atom. The Kier molecular flexibility index (Phi) is 4.89. The Bertz CT molecular complexity index is 637. The molecule has 0 bridgehead atoms. The molecule has 0 spiro atoms. The quantitative estimate of drug-likeness (QED) is 0.861. The van der Waals surface area contributed by atoms with Crippen LogP contribution in [-0.4, -0.2) is 7.11 Å². The van der Waals surface area contributed by atoms with Crippen molar-refractivity contribution >= 4 is 33.2 Å². The van der Waals surface area contributed by atoms with Crippen LogP contribution in [0.15, 0.2) is 46.9 Å². The molecule has 1 N–H and O–H groups in total. The Hall–Kier alpha value is -1.70. The molecule has 102 valence electrons. The van der Waals surface area contributed by atoms with E-state index in [1.165, 1.54) is 0 Å². The van der Waals surface area contributed by atoms with E-state index in [1.807, 2.05) is 36.4 Å². The van der Waals surface area contributed by atoms with Gasteiger partial charge in [0, 0.05) is 10.2 Å². The third kappa shape index (κ3) is 3.44. The Morgan fingerprint density at radius 2 is 1.95 bits per heavy atom. The average molecular weight is 352 g/mol. The highest BCUT2D eigenvalue weighted by atomic mass is 79.9. The molecule has 20 heavy (non-hydrogen) atoms. The van der Waals surface area contributed by atoms with Crippen LogP contribution in [0.5, 0.6) is 5.75 Å². The second-order valence-electron chi connectivity index (χ2n) is 4.11. The molecule has 0 aromatic heterocycles. The highest BCUT2D eigenvalue weighted by Crippen LogP contribution is 2.28. The van der Waals surface area contributed by atoms with Gasteiger partial charge in [0.1, 0.15) is 11.8 Å². The van der Waals surface area contributed by atoms with E-state index in [2.05, 4.69) is 27.3 Å². The van der Waals surface area contributed by atoms with Crippen LogP contribution >= 0.6 is 27.5 Å². The van der Waals surface area contributed by atoms with Crippen molar-refractivity contribution in [2.24, 2.45) is 0 Å². The largest absolute Gasteiger partial charge is 0.497 e. The lowest BCUT2D eigenvalue weighted by molar-refractivity contribution is 0.414. The van der Waals surface area contributed by atoms with Crippen molar-refractivity contribution in [3.8, 4) is 11.8 Å². The van der Waals surface area contributed by atoms with Gasteiger partial charge in [0.2, 0.25) is 0 Å². The van der Waals surface area contributed by atoms with Crippen LogP contribution in [0.3, 0.4) is 0 Å². The number of anilines is 1. The van der Waals surface area contributed by atoms with Gasteiger partial charge in [0.25, 0.3) is 0 Å². The van der Waals surface area contributed by atoms with E-state index in [1.54, 1.807) is 13.2 Å². The van der Waals surface area contributed by atoms with Gasteiger partial charge in [-0.15, -0.1) is 0 Å². The summed E-state index contributed by atoms with van der Waals surface area (Å²) in [6.45, 7) is 0. The van der Waals surface area contributed by atoms with Gasteiger partial charge in [-0.1, -0.05) is 23.7 Å². The summed E-state index contributed by atoms with van der Waals surface area (Å²) in [6.07, 6.45) is 0. The molecule has 0 radical (unpaired) electrons. The molecule has 0 aliphatic rings. The topological polar surface area (TPSA) is 45.0 Å². The monoisotopic (exact) mass is 350 g/mol. The molecule has 3 nitrogen and oxygen atoms in total. The van der Waals surface area contributed by atoms with Crippen LogP contribution in [0.4, 0.5) is 5.69 Å². The molecule has 1 unspecified atom stereocenters. The first kappa shape index (κ1) is 14.7. The number of nitrogens with one attached hydrogen (secondary N) is 1. The summed E-state index contributed by atoms with van der Waals surface area (Å²) in [7, 11) is 1.61. The molecule has 5 heteroatoms. The Balaban J connectivity index is 2.19. The molecule has 0 saturated heterocycles. The molecule has 0 saturated carbocycles. The smallest absolute Gasteiger partial charge is 0.140 e. The van der Waals surface area contributed by atoms with Gasteiger partial charge in [-0.3, -0.25) is 0 Å². The first-order chi connectivity index (χ1) is 9.63. The number of hydrogen-bond donors (Lipinski definition) is 1. The number of nitriles is 1. The fraction of sp³-hybridized carbons (Fsp3) is 0.133. The number of ether oxygens (including phenoxy) is 1. The standard InChI is InChI=1S/C15H12BrClN2O/c1-20-12-5-2-10(3-6-12)15(9-18)19-11-4-7-14(17)13(16)8-11/h2-8,15,19H,1H3. The maximum Gasteiger partial charge on any atom is 0.140 e. The molecule has 2 rings (SSSR count). The van der Waals surface area contributed by atoms with Crippen LogP contribution in [0.25, 0.3) is 0 Å².